The van der Waals surface area contributed by atoms with Crippen LogP contribution in [-0.2, 0) is 20.9 Å². The van der Waals surface area contributed by atoms with Gasteiger partial charge in [0, 0.05) is 12.1 Å². The summed E-state index contributed by atoms with van der Waals surface area (Å²) >= 11 is 0. The van der Waals surface area contributed by atoms with Crippen LogP contribution in [0.5, 0.6) is 11.5 Å². The summed E-state index contributed by atoms with van der Waals surface area (Å²) in [7, 11) is 3.07. The van der Waals surface area contributed by atoms with Gasteiger partial charge in [-0.25, -0.2) is 4.79 Å². The number of hydrogen-bond donors (Lipinski definition) is 2. The smallest absolute Gasteiger partial charge is 0.332 e. The summed E-state index contributed by atoms with van der Waals surface area (Å²) in [6.45, 7) is 0.247. The van der Waals surface area contributed by atoms with Crippen molar-refractivity contribution in [2.24, 2.45) is 0 Å². The van der Waals surface area contributed by atoms with Crippen molar-refractivity contribution in [2.45, 2.75) is 31.6 Å². The molecule has 0 saturated carbocycles. The highest BCUT2D eigenvalue weighted by molar-refractivity contribution is 5.82. The first-order valence-corrected chi connectivity index (χ1v) is 6.92. The van der Waals surface area contributed by atoms with Crippen LogP contribution in [0.3, 0.4) is 0 Å². The SMILES string of the molecule is COc1cccc(CNC(=O)[C@@H]2CC[C@H](C(=O)O)O2)c1OC. The lowest BCUT2D eigenvalue weighted by atomic mass is 10.1. The molecule has 7 nitrogen and oxygen atoms in total. The monoisotopic (exact) mass is 309 g/mol. The third-order valence-corrected chi connectivity index (χ3v) is 3.53. The highest BCUT2D eigenvalue weighted by atomic mass is 16.5. The van der Waals surface area contributed by atoms with Gasteiger partial charge in [-0.05, 0) is 18.9 Å². The lowest BCUT2D eigenvalue weighted by Crippen LogP contribution is -2.35. The Morgan fingerprint density at radius 3 is 2.59 bits per heavy atom. The molecule has 7 heteroatoms. The maximum absolute atomic E-state index is 12.0. The second kappa shape index (κ2) is 7.13. The van der Waals surface area contributed by atoms with Gasteiger partial charge in [-0.2, -0.15) is 0 Å². The van der Waals surface area contributed by atoms with Gasteiger partial charge in [-0.15, -0.1) is 0 Å². The molecule has 0 unspecified atom stereocenters. The number of para-hydroxylation sites is 1. The number of hydrogen-bond acceptors (Lipinski definition) is 5. The van der Waals surface area contributed by atoms with Crippen molar-refractivity contribution in [3.63, 3.8) is 0 Å². The number of methoxy groups -OCH3 is 2. The Labute approximate surface area is 128 Å². The summed E-state index contributed by atoms with van der Waals surface area (Å²) in [4.78, 5) is 22.9. The molecule has 1 fully saturated rings. The zero-order valence-corrected chi connectivity index (χ0v) is 12.5. The molecule has 1 amide bonds. The molecule has 2 rings (SSSR count). The predicted molar refractivity (Wildman–Crippen MR) is 76.9 cm³/mol. The second-order valence-corrected chi connectivity index (χ2v) is 4.90. The van der Waals surface area contributed by atoms with Gasteiger partial charge in [0.15, 0.2) is 17.6 Å². The van der Waals surface area contributed by atoms with Gasteiger partial charge in [-0.3, -0.25) is 4.79 Å². The summed E-state index contributed by atoms with van der Waals surface area (Å²) in [6.07, 6.45) is -0.881. The molecule has 2 atom stereocenters. The number of benzene rings is 1. The lowest BCUT2D eigenvalue weighted by Gasteiger charge is -2.15. The summed E-state index contributed by atoms with van der Waals surface area (Å²) in [5, 5.41) is 11.6. The molecule has 0 radical (unpaired) electrons. The van der Waals surface area contributed by atoms with Crippen molar-refractivity contribution < 1.29 is 28.9 Å². The van der Waals surface area contributed by atoms with Crippen molar-refractivity contribution in [3.8, 4) is 11.5 Å². The van der Waals surface area contributed by atoms with E-state index in [1.807, 2.05) is 6.07 Å². The van der Waals surface area contributed by atoms with Crippen LogP contribution in [0, 0.1) is 0 Å². The molecule has 1 saturated heterocycles. The van der Waals surface area contributed by atoms with E-state index in [0.29, 0.717) is 24.3 Å². The average molecular weight is 309 g/mol. The minimum atomic E-state index is -1.04. The summed E-state index contributed by atoms with van der Waals surface area (Å²) < 4.78 is 15.7. The van der Waals surface area contributed by atoms with Gasteiger partial charge in [0.05, 0.1) is 14.2 Å². The van der Waals surface area contributed by atoms with E-state index in [4.69, 9.17) is 19.3 Å². The number of carboxylic acid groups (broad SMARTS) is 1. The van der Waals surface area contributed by atoms with Gasteiger partial charge >= 0.3 is 5.97 Å². The topological polar surface area (TPSA) is 94.1 Å². The molecule has 0 aromatic heterocycles. The molecule has 1 aromatic carbocycles. The quantitative estimate of drug-likeness (QED) is 0.812. The van der Waals surface area contributed by atoms with Crippen molar-refractivity contribution in [1.29, 1.82) is 0 Å². The van der Waals surface area contributed by atoms with Crippen LogP contribution in [0.4, 0.5) is 0 Å². The number of carbonyl (C=O) groups is 2. The first kappa shape index (κ1) is 16.1. The first-order chi connectivity index (χ1) is 10.6. The number of rotatable bonds is 6. The van der Waals surface area contributed by atoms with E-state index < -0.39 is 18.2 Å². The fraction of sp³-hybridized carbons (Fsp3) is 0.467. The van der Waals surface area contributed by atoms with Crippen LogP contribution in [-0.4, -0.2) is 43.4 Å². The molecule has 120 valence electrons. The Morgan fingerprint density at radius 2 is 2.00 bits per heavy atom. The third-order valence-electron chi connectivity index (χ3n) is 3.53. The van der Waals surface area contributed by atoms with Crippen LogP contribution in [0.2, 0.25) is 0 Å². The zero-order chi connectivity index (χ0) is 16.1. The van der Waals surface area contributed by atoms with Crippen molar-refractivity contribution in [2.75, 3.05) is 14.2 Å². The van der Waals surface area contributed by atoms with E-state index in [0.717, 1.165) is 5.56 Å². The van der Waals surface area contributed by atoms with Gasteiger partial charge < -0.3 is 24.6 Å². The largest absolute Gasteiger partial charge is 0.493 e. The van der Waals surface area contributed by atoms with E-state index in [-0.39, 0.29) is 12.5 Å². The number of carbonyl (C=O) groups excluding carboxylic acids is 1. The second-order valence-electron chi connectivity index (χ2n) is 4.90. The van der Waals surface area contributed by atoms with Crippen LogP contribution < -0.4 is 14.8 Å². The number of aliphatic carboxylic acids is 1. The summed E-state index contributed by atoms with van der Waals surface area (Å²) in [6, 6.07) is 5.38. The minimum Gasteiger partial charge on any atom is -0.493 e. The first-order valence-electron chi connectivity index (χ1n) is 6.92. The summed E-state index contributed by atoms with van der Waals surface area (Å²) in [5.41, 5.74) is 0.767. The van der Waals surface area contributed by atoms with Gasteiger partial charge in [0.1, 0.15) is 6.10 Å². The number of carboxylic acids is 1. The Morgan fingerprint density at radius 1 is 1.27 bits per heavy atom. The fourth-order valence-electron chi connectivity index (χ4n) is 2.40. The fourth-order valence-corrected chi connectivity index (χ4v) is 2.40. The zero-order valence-electron chi connectivity index (χ0n) is 12.5. The molecule has 1 aromatic rings. The van der Waals surface area contributed by atoms with Gasteiger partial charge in [0.25, 0.3) is 0 Å². The maximum atomic E-state index is 12.0. The van der Waals surface area contributed by atoms with E-state index in [1.165, 1.54) is 7.11 Å². The number of nitrogens with one attached hydrogen (secondary N) is 1. The van der Waals surface area contributed by atoms with E-state index in [2.05, 4.69) is 5.32 Å². The number of ether oxygens (including phenoxy) is 3. The van der Waals surface area contributed by atoms with Crippen LogP contribution in [0.15, 0.2) is 18.2 Å². The van der Waals surface area contributed by atoms with Crippen molar-refractivity contribution in [1.82, 2.24) is 5.32 Å². The Hall–Kier alpha value is -2.28. The molecule has 1 aliphatic heterocycles. The van der Waals surface area contributed by atoms with E-state index in [1.54, 1.807) is 19.2 Å². The predicted octanol–water partition coefficient (Wildman–Crippen LogP) is 0.952. The molecule has 0 aliphatic carbocycles. The molecule has 1 aliphatic rings. The van der Waals surface area contributed by atoms with Crippen molar-refractivity contribution in [3.05, 3.63) is 23.8 Å². The molecule has 1 heterocycles. The highest BCUT2D eigenvalue weighted by Gasteiger charge is 2.34. The summed E-state index contributed by atoms with van der Waals surface area (Å²) in [5.74, 6) is -0.225. The third kappa shape index (κ3) is 3.48. The molecule has 22 heavy (non-hydrogen) atoms. The lowest BCUT2D eigenvalue weighted by molar-refractivity contribution is -0.151. The van der Waals surface area contributed by atoms with Crippen LogP contribution >= 0.6 is 0 Å². The van der Waals surface area contributed by atoms with E-state index in [9.17, 15) is 9.59 Å². The number of amides is 1. The maximum Gasteiger partial charge on any atom is 0.332 e. The Kier molecular flexibility index (Phi) is 5.21. The van der Waals surface area contributed by atoms with Gasteiger partial charge in [-0.1, -0.05) is 12.1 Å². The minimum absolute atomic E-state index is 0.247. The van der Waals surface area contributed by atoms with Crippen LogP contribution in [0.25, 0.3) is 0 Å². The molecular formula is C15H19NO6. The molecule has 0 spiro atoms. The molecular weight excluding hydrogens is 290 g/mol. The van der Waals surface area contributed by atoms with Gasteiger partial charge in [0.2, 0.25) is 5.91 Å². The highest BCUT2D eigenvalue weighted by Crippen LogP contribution is 2.30. The normalized spacial score (nSPS) is 20.5. The van der Waals surface area contributed by atoms with E-state index >= 15 is 0 Å². The average Bonchev–Trinajstić information content (AvgIpc) is 3.02. The molecule has 2 N–H and O–H groups in total. The Bertz CT molecular complexity index is 559. The van der Waals surface area contributed by atoms with Crippen molar-refractivity contribution >= 4 is 11.9 Å². The standard InChI is InChI=1S/C15H19NO6/c1-20-10-5-3-4-9(13(10)21-2)8-16-14(17)11-6-7-12(22-11)15(18)19/h3-5,11-12H,6-8H2,1-2H3,(H,16,17)(H,18,19)/t11-,12+/m0/s1. The van der Waals surface area contributed by atoms with Crippen LogP contribution in [0.1, 0.15) is 18.4 Å². The molecule has 0 bridgehead atoms. The Balaban J connectivity index is 1.96.